The Hall–Kier alpha value is -1.09. The topological polar surface area (TPSA) is 32.3 Å². The number of phenolic OH excluding ortho intramolecular Hbond substituents is 1. The molecule has 14 heavy (non-hydrogen) atoms. The van der Waals surface area contributed by atoms with Crippen molar-refractivity contribution in [2.24, 2.45) is 0 Å². The van der Waals surface area contributed by atoms with Crippen LogP contribution in [0.5, 0.6) is 5.75 Å². The summed E-state index contributed by atoms with van der Waals surface area (Å²) in [5.41, 5.74) is 0.931. The van der Waals surface area contributed by atoms with E-state index in [9.17, 15) is 4.39 Å². The molecule has 1 aliphatic heterocycles. The fourth-order valence-electron chi connectivity index (χ4n) is 1.88. The maximum atomic E-state index is 13.1. The molecule has 2 N–H and O–H groups in total. The molecule has 3 heteroatoms. The zero-order chi connectivity index (χ0) is 9.97. The molecule has 1 aromatic rings. The SMILES string of the molecule is Oc1ccc([C@@H]2CCCCN2)cc1F. The maximum absolute atomic E-state index is 13.1. The van der Waals surface area contributed by atoms with Gasteiger partial charge in [0.05, 0.1) is 0 Å². The number of nitrogens with one attached hydrogen (secondary N) is 1. The summed E-state index contributed by atoms with van der Waals surface area (Å²) in [6.45, 7) is 0.993. The van der Waals surface area contributed by atoms with E-state index in [4.69, 9.17) is 5.11 Å². The predicted molar refractivity (Wildman–Crippen MR) is 52.7 cm³/mol. The minimum Gasteiger partial charge on any atom is -0.505 e. The summed E-state index contributed by atoms with van der Waals surface area (Å²) in [5, 5.41) is 12.4. The second-order valence-electron chi connectivity index (χ2n) is 3.71. The van der Waals surface area contributed by atoms with E-state index in [1.54, 1.807) is 6.07 Å². The molecular weight excluding hydrogens is 181 g/mol. The Morgan fingerprint density at radius 3 is 2.86 bits per heavy atom. The van der Waals surface area contributed by atoms with Crippen LogP contribution in [0, 0.1) is 5.82 Å². The molecule has 1 heterocycles. The summed E-state index contributed by atoms with van der Waals surface area (Å²) in [6, 6.07) is 4.86. The monoisotopic (exact) mass is 195 g/mol. The van der Waals surface area contributed by atoms with Crippen molar-refractivity contribution < 1.29 is 9.50 Å². The highest BCUT2D eigenvalue weighted by Gasteiger charge is 2.15. The lowest BCUT2D eigenvalue weighted by Crippen LogP contribution is -2.26. The first kappa shape index (κ1) is 9.46. The molecule has 1 aliphatic rings. The van der Waals surface area contributed by atoms with Crippen LogP contribution in [0.15, 0.2) is 18.2 Å². The van der Waals surface area contributed by atoms with E-state index in [-0.39, 0.29) is 11.8 Å². The minimum atomic E-state index is -0.533. The van der Waals surface area contributed by atoms with Gasteiger partial charge >= 0.3 is 0 Å². The minimum absolute atomic E-state index is 0.249. The molecule has 1 fully saturated rings. The summed E-state index contributed by atoms with van der Waals surface area (Å²) in [4.78, 5) is 0. The molecule has 0 unspecified atom stereocenters. The first-order chi connectivity index (χ1) is 6.77. The lowest BCUT2D eigenvalue weighted by atomic mass is 9.97. The fraction of sp³-hybridized carbons (Fsp3) is 0.455. The van der Waals surface area contributed by atoms with Crippen LogP contribution in [-0.2, 0) is 0 Å². The summed E-state index contributed by atoms with van der Waals surface area (Å²) >= 11 is 0. The molecule has 1 aromatic carbocycles. The van der Waals surface area contributed by atoms with Crippen LogP contribution in [0.25, 0.3) is 0 Å². The molecule has 76 valence electrons. The highest BCUT2D eigenvalue weighted by atomic mass is 19.1. The molecule has 2 rings (SSSR count). The molecular formula is C11H14FNO. The molecule has 2 nitrogen and oxygen atoms in total. The van der Waals surface area contributed by atoms with Gasteiger partial charge < -0.3 is 10.4 Å². The van der Waals surface area contributed by atoms with Gasteiger partial charge in [0.2, 0.25) is 0 Å². The second-order valence-corrected chi connectivity index (χ2v) is 3.71. The van der Waals surface area contributed by atoms with Gasteiger partial charge in [0.15, 0.2) is 11.6 Å². The van der Waals surface area contributed by atoms with Gasteiger partial charge in [0, 0.05) is 6.04 Å². The molecule has 1 atom stereocenters. The van der Waals surface area contributed by atoms with Crippen molar-refractivity contribution in [3.8, 4) is 5.75 Å². The number of piperidine rings is 1. The lowest BCUT2D eigenvalue weighted by molar-refractivity contribution is 0.405. The lowest BCUT2D eigenvalue weighted by Gasteiger charge is -2.23. The highest BCUT2D eigenvalue weighted by Crippen LogP contribution is 2.26. The third-order valence-corrected chi connectivity index (χ3v) is 2.68. The normalized spacial score (nSPS) is 22.2. The van der Waals surface area contributed by atoms with Gasteiger partial charge in [0.1, 0.15) is 0 Å². The van der Waals surface area contributed by atoms with Crippen LogP contribution < -0.4 is 5.32 Å². The quantitative estimate of drug-likeness (QED) is 0.721. The molecule has 0 aromatic heterocycles. The number of phenols is 1. The van der Waals surface area contributed by atoms with Gasteiger partial charge in [-0.2, -0.15) is 0 Å². The highest BCUT2D eigenvalue weighted by molar-refractivity contribution is 5.30. The number of hydrogen-bond donors (Lipinski definition) is 2. The predicted octanol–water partition coefficient (Wildman–Crippen LogP) is 2.35. The van der Waals surface area contributed by atoms with E-state index >= 15 is 0 Å². The third-order valence-electron chi connectivity index (χ3n) is 2.68. The number of benzene rings is 1. The number of hydrogen-bond acceptors (Lipinski definition) is 2. The smallest absolute Gasteiger partial charge is 0.165 e. The van der Waals surface area contributed by atoms with E-state index in [2.05, 4.69) is 5.32 Å². The second kappa shape index (κ2) is 3.96. The number of halogens is 1. The van der Waals surface area contributed by atoms with Crippen LogP contribution in [-0.4, -0.2) is 11.7 Å². The average Bonchev–Trinajstić information content (AvgIpc) is 2.23. The van der Waals surface area contributed by atoms with Crippen LogP contribution in [0.1, 0.15) is 30.9 Å². The van der Waals surface area contributed by atoms with Crippen molar-refractivity contribution in [3.05, 3.63) is 29.6 Å². The van der Waals surface area contributed by atoms with Gasteiger partial charge in [-0.05, 0) is 37.1 Å². The average molecular weight is 195 g/mol. The molecule has 0 saturated carbocycles. The van der Waals surface area contributed by atoms with E-state index < -0.39 is 5.82 Å². The Bertz CT molecular complexity index is 321. The van der Waals surface area contributed by atoms with Crippen LogP contribution in [0.3, 0.4) is 0 Å². The van der Waals surface area contributed by atoms with E-state index in [0.29, 0.717) is 0 Å². The largest absolute Gasteiger partial charge is 0.505 e. The zero-order valence-electron chi connectivity index (χ0n) is 7.96. The van der Waals surface area contributed by atoms with E-state index in [0.717, 1.165) is 18.5 Å². The van der Waals surface area contributed by atoms with Gasteiger partial charge in [-0.15, -0.1) is 0 Å². The summed E-state index contributed by atoms with van der Waals surface area (Å²) < 4.78 is 13.1. The van der Waals surface area contributed by atoms with Crippen molar-refractivity contribution in [2.75, 3.05) is 6.54 Å². The van der Waals surface area contributed by atoms with E-state index in [1.165, 1.54) is 25.0 Å². The van der Waals surface area contributed by atoms with Gasteiger partial charge in [-0.3, -0.25) is 0 Å². The van der Waals surface area contributed by atoms with Crippen LogP contribution in [0.4, 0.5) is 4.39 Å². The van der Waals surface area contributed by atoms with Crippen molar-refractivity contribution in [2.45, 2.75) is 25.3 Å². The summed E-state index contributed by atoms with van der Waals surface area (Å²) in [5.74, 6) is -0.806. The molecule has 0 aliphatic carbocycles. The Balaban J connectivity index is 2.18. The Kier molecular flexibility index (Phi) is 2.68. The van der Waals surface area contributed by atoms with Crippen molar-refractivity contribution >= 4 is 0 Å². The molecule has 0 spiro atoms. The molecule has 0 radical (unpaired) electrons. The maximum Gasteiger partial charge on any atom is 0.165 e. The van der Waals surface area contributed by atoms with Crippen molar-refractivity contribution in [1.29, 1.82) is 0 Å². The van der Waals surface area contributed by atoms with Gasteiger partial charge in [-0.25, -0.2) is 4.39 Å². The fourth-order valence-corrected chi connectivity index (χ4v) is 1.88. The van der Waals surface area contributed by atoms with E-state index in [1.807, 2.05) is 0 Å². The zero-order valence-corrected chi connectivity index (χ0v) is 7.96. The number of rotatable bonds is 1. The van der Waals surface area contributed by atoms with Gasteiger partial charge in [-0.1, -0.05) is 12.5 Å². The molecule has 0 bridgehead atoms. The van der Waals surface area contributed by atoms with Crippen molar-refractivity contribution in [3.63, 3.8) is 0 Å². The summed E-state index contributed by atoms with van der Waals surface area (Å²) in [6.07, 6.45) is 3.42. The first-order valence-electron chi connectivity index (χ1n) is 4.99. The first-order valence-corrected chi connectivity index (χ1v) is 4.99. The third kappa shape index (κ3) is 1.87. The molecule has 1 saturated heterocycles. The number of aromatic hydroxyl groups is 1. The van der Waals surface area contributed by atoms with Crippen LogP contribution in [0.2, 0.25) is 0 Å². The Labute approximate surface area is 82.8 Å². The molecule has 0 amide bonds. The van der Waals surface area contributed by atoms with Gasteiger partial charge in [0.25, 0.3) is 0 Å². The Morgan fingerprint density at radius 1 is 1.36 bits per heavy atom. The Morgan fingerprint density at radius 2 is 2.21 bits per heavy atom. The standard InChI is InChI=1S/C11H14FNO/c12-9-7-8(4-5-11(9)14)10-3-1-2-6-13-10/h4-5,7,10,13-14H,1-3,6H2/t10-/m0/s1. The summed E-state index contributed by atoms with van der Waals surface area (Å²) in [7, 11) is 0. The van der Waals surface area contributed by atoms with Crippen molar-refractivity contribution in [1.82, 2.24) is 5.32 Å². The van der Waals surface area contributed by atoms with Crippen LogP contribution >= 0.6 is 0 Å².